The van der Waals surface area contributed by atoms with Gasteiger partial charge < -0.3 is 15.0 Å². The molecule has 0 aromatic heterocycles. The lowest BCUT2D eigenvalue weighted by molar-refractivity contribution is -0.125. The molecule has 1 aromatic carbocycles. The summed E-state index contributed by atoms with van der Waals surface area (Å²) in [6.07, 6.45) is 0.922. The number of amides is 2. The molecule has 102 valence electrons. The highest BCUT2D eigenvalue weighted by atomic mass is 16.5. The smallest absolute Gasteiger partial charge is 0.249 e. The summed E-state index contributed by atoms with van der Waals surface area (Å²) >= 11 is 0. The molecule has 0 spiro atoms. The lowest BCUT2D eigenvalue weighted by atomic mass is 10.2. The number of benzene rings is 1. The normalized spacial score (nSPS) is 19.9. The van der Waals surface area contributed by atoms with Crippen molar-refractivity contribution in [2.24, 2.45) is 0 Å². The second-order valence-electron chi connectivity index (χ2n) is 4.47. The number of carbonyl (C=O) groups is 2. The molecule has 2 rings (SSSR count). The topological polar surface area (TPSA) is 58.6 Å². The second kappa shape index (κ2) is 5.73. The standard InChI is InChI=1S/C14H18N2O3/c1-3-12-14(18)16(9-8-13(17)15-12)10-4-6-11(19-2)7-5-10/h4-7,12H,3,8-9H2,1-2H3,(H,15,17). The minimum Gasteiger partial charge on any atom is -0.497 e. The fourth-order valence-corrected chi connectivity index (χ4v) is 2.14. The van der Waals surface area contributed by atoms with Crippen molar-refractivity contribution in [2.45, 2.75) is 25.8 Å². The first kappa shape index (κ1) is 13.4. The Balaban J connectivity index is 2.25. The first-order chi connectivity index (χ1) is 9.15. The zero-order valence-corrected chi connectivity index (χ0v) is 11.2. The van der Waals surface area contributed by atoms with E-state index >= 15 is 0 Å². The maximum absolute atomic E-state index is 12.4. The maximum Gasteiger partial charge on any atom is 0.249 e. The molecule has 0 saturated carbocycles. The van der Waals surface area contributed by atoms with E-state index in [2.05, 4.69) is 5.32 Å². The summed E-state index contributed by atoms with van der Waals surface area (Å²) in [4.78, 5) is 25.6. The molecule has 1 unspecified atom stereocenters. The van der Waals surface area contributed by atoms with Crippen molar-refractivity contribution in [3.63, 3.8) is 0 Å². The zero-order valence-electron chi connectivity index (χ0n) is 11.2. The van der Waals surface area contributed by atoms with Crippen LogP contribution < -0.4 is 15.0 Å². The number of ether oxygens (including phenoxy) is 1. The summed E-state index contributed by atoms with van der Waals surface area (Å²) in [5.41, 5.74) is 0.792. The van der Waals surface area contributed by atoms with Crippen LogP contribution in [-0.4, -0.2) is 31.5 Å². The Morgan fingerprint density at radius 1 is 1.32 bits per heavy atom. The molecule has 1 heterocycles. The summed E-state index contributed by atoms with van der Waals surface area (Å²) < 4.78 is 5.10. The van der Waals surface area contributed by atoms with Gasteiger partial charge in [0.25, 0.3) is 0 Å². The van der Waals surface area contributed by atoms with Crippen molar-refractivity contribution < 1.29 is 14.3 Å². The van der Waals surface area contributed by atoms with Crippen LogP contribution in [0, 0.1) is 0 Å². The van der Waals surface area contributed by atoms with Crippen LogP contribution in [0.5, 0.6) is 5.75 Å². The number of nitrogens with one attached hydrogen (secondary N) is 1. The van der Waals surface area contributed by atoms with Gasteiger partial charge in [-0.2, -0.15) is 0 Å². The Hall–Kier alpha value is -2.04. The molecule has 1 aromatic rings. The molecule has 0 bridgehead atoms. The fraction of sp³-hybridized carbons (Fsp3) is 0.429. The molecule has 0 aliphatic carbocycles. The minimum absolute atomic E-state index is 0.0569. The highest BCUT2D eigenvalue weighted by Crippen LogP contribution is 2.21. The SMILES string of the molecule is CCC1NC(=O)CCN(c2ccc(OC)cc2)C1=O. The summed E-state index contributed by atoms with van der Waals surface area (Å²) in [5, 5.41) is 2.75. The average molecular weight is 262 g/mol. The molecule has 1 atom stereocenters. The minimum atomic E-state index is -0.433. The van der Waals surface area contributed by atoms with Gasteiger partial charge in [0.05, 0.1) is 7.11 Å². The second-order valence-corrected chi connectivity index (χ2v) is 4.47. The third-order valence-corrected chi connectivity index (χ3v) is 3.25. The number of carbonyl (C=O) groups excluding carboxylic acids is 2. The monoisotopic (exact) mass is 262 g/mol. The molecule has 5 heteroatoms. The van der Waals surface area contributed by atoms with E-state index in [1.807, 2.05) is 31.2 Å². The summed E-state index contributed by atoms with van der Waals surface area (Å²) in [6.45, 7) is 2.30. The zero-order chi connectivity index (χ0) is 13.8. The van der Waals surface area contributed by atoms with Crippen LogP contribution in [0.1, 0.15) is 19.8 Å². The Kier molecular flexibility index (Phi) is 4.04. The molecule has 0 radical (unpaired) electrons. The van der Waals surface area contributed by atoms with Gasteiger partial charge in [-0.3, -0.25) is 9.59 Å². The van der Waals surface area contributed by atoms with Crippen LogP contribution in [0.15, 0.2) is 24.3 Å². The number of anilines is 1. The summed E-state index contributed by atoms with van der Waals surface area (Å²) in [5.74, 6) is 0.613. The third-order valence-electron chi connectivity index (χ3n) is 3.25. The largest absolute Gasteiger partial charge is 0.497 e. The Labute approximate surface area is 112 Å². The van der Waals surface area contributed by atoms with Gasteiger partial charge in [0.15, 0.2) is 0 Å². The van der Waals surface area contributed by atoms with Crippen LogP contribution in [0.3, 0.4) is 0 Å². The highest BCUT2D eigenvalue weighted by Gasteiger charge is 2.29. The van der Waals surface area contributed by atoms with E-state index in [9.17, 15) is 9.59 Å². The lowest BCUT2D eigenvalue weighted by Gasteiger charge is -2.23. The van der Waals surface area contributed by atoms with Gasteiger partial charge in [-0.05, 0) is 30.7 Å². The Bertz CT molecular complexity index is 470. The van der Waals surface area contributed by atoms with Crippen LogP contribution in [-0.2, 0) is 9.59 Å². The number of rotatable bonds is 3. The molecule has 1 N–H and O–H groups in total. The van der Waals surface area contributed by atoms with Gasteiger partial charge in [0, 0.05) is 18.7 Å². The predicted molar refractivity (Wildman–Crippen MR) is 72.2 cm³/mol. The Morgan fingerprint density at radius 3 is 2.58 bits per heavy atom. The molecule has 19 heavy (non-hydrogen) atoms. The highest BCUT2D eigenvalue weighted by molar-refractivity contribution is 6.01. The first-order valence-electron chi connectivity index (χ1n) is 6.40. The average Bonchev–Trinajstić information content (AvgIpc) is 2.58. The molecule has 1 aliphatic heterocycles. The van der Waals surface area contributed by atoms with Crippen LogP contribution in [0.4, 0.5) is 5.69 Å². The van der Waals surface area contributed by atoms with Crippen LogP contribution in [0.25, 0.3) is 0 Å². The van der Waals surface area contributed by atoms with E-state index in [0.29, 0.717) is 19.4 Å². The molecule has 5 nitrogen and oxygen atoms in total. The van der Waals surface area contributed by atoms with Gasteiger partial charge in [-0.25, -0.2) is 0 Å². The summed E-state index contributed by atoms with van der Waals surface area (Å²) in [6, 6.07) is 6.85. The van der Waals surface area contributed by atoms with Crippen molar-refractivity contribution in [3.8, 4) is 5.75 Å². The molecule has 1 saturated heterocycles. The van der Waals surface area contributed by atoms with E-state index < -0.39 is 6.04 Å². The first-order valence-corrected chi connectivity index (χ1v) is 6.40. The fourth-order valence-electron chi connectivity index (χ4n) is 2.14. The van der Waals surface area contributed by atoms with E-state index in [-0.39, 0.29) is 11.8 Å². The van der Waals surface area contributed by atoms with Gasteiger partial charge in [-0.1, -0.05) is 6.92 Å². The van der Waals surface area contributed by atoms with Crippen molar-refractivity contribution >= 4 is 17.5 Å². The van der Waals surface area contributed by atoms with Crippen molar-refractivity contribution in [1.82, 2.24) is 5.32 Å². The summed E-state index contributed by atoms with van der Waals surface area (Å²) in [7, 11) is 1.60. The number of nitrogens with zero attached hydrogens (tertiary/aromatic N) is 1. The van der Waals surface area contributed by atoms with Gasteiger partial charge >= 0.3 is 0 Å². The number of hydrogen-bond donors (Lipinski definition) is 1. The Morgan fingerprint density at radius 2 is 2.00 bits per heavy atom. The van der Waals surface area contributed by atoms with E-state index in [1.165, 1.54) is 0 Å². The van der Waals surface area contributed by atoms with Crippen molar-refractivity contribution in [1.29, 1.82) is 0 Å². The molecule has 1 aliphatic rings. The molecular weight excluding hydrogens is 244 g/mol. The van der Waals surface area contributed by atoms with Crippen LogP contribution >= 0.6 is 0 Å². The van der Waals surface area contributed by atoms with Gasteiger partial charge in [0.2, 0.25) is 11.8 Å². The van der Waals surface area contributed by atoms with Gasteiger partial charge in [-0.15, -0.1) is 0 Å². The van der Waals surface area contributed by atoms with Crippen LogP contribution in [0.2, 0.25) is 0 Å². The quantitative estimate of drug-likeness (QED) is 0.894. The van der Waals surface area contributed by atoms with E-state index in [4.69, 9.17) is 4.74 Å². The molecule has 2 amide bonds. The van der Waals surface area contributed by atoms with E-state index in [0.717, 1.165) is 11.4 Å². The number of methoxy groups -OCH3 is 1. The maximum atomic E-state index is 12.4. The lowest BCUT2D eigenvalue weighted by Crippen LogP contribution is -2.44. The predicted octanol–water partition coefficient (Wildman–Crippen LogP) is 1.33. The van der Waals surface area contributed by atoms with Crippen molar-refractivity contribution in [2.75, 3.05) is 18.6 Å². The van der Waals surface area contributed by atoms with E-state index in [1.54, 1.807) is 12.0 Å². The molecular formula is C14H18N2O3. The third kappa shape index (κ3) is 2.86. The van der Waals surface area contributed by atoms with Gasteiger partial charge in [0.1, 0.15) is 11.8 Å². The molecule has 1 fully saturated rings. The van der Waals surface area contributed by atoms with Crippen molar-refractivity contribution in [3.05, 3.63) is 24.3 Å². The number of hydrogen-bond acceptors (Lipinski definition) is 3.